The first-order valence-corrected chi connectivity index (χ1v) is 9.32. The zero-order chi connectivity index (χ0) is 27.8. The molecular formula is C26H27N2O+. The van der Waals surface area contributed by atoms with Crippen molar-refractivity contribution in [1.82, 2.24) is 0 Å². The summed E-state index contributed by atoms with van der Waals surface area (Å²) >= 11 is 0. The minimum atomic E-state index is -2.62. The summed E-state index contributed by atoms with van der Waals surface area (Å²) in [5.74, 6) is -1.95. The molecule has 2 aromatic carbocycles. The van der Waals surface area contributed by atoms with Crippen molar-refractivity contribution in [1.29, 1.82) is 0 Å². The van der Waals surface area contributed by atoms with Gasteiger partial charge in [-0.15, -0.1) is 0 Å². The molecule has 3 heteroatoms. The second kappa shape index (κ2) is 6.74. The number of para-hydroxylation sites is 1. The first kappa shape index (κ1) is 11.8. The van der Waals surface area contributed by atoms with Gasteiger partial charge in [-0.25, -0.2) is 4.85 Å². The van der Waals surface area contributed by atoms with Crippen molar-refractivity contribution in [2.45, 2.75) is 47.3 Å². The molecule has 3 nitrogen and oxygen atoms in total. The number of fused-ring (bicyclic) bond motifs is 3. The van der Waals surface area contributed by atoms with Crippen LogP contribution in [0, 0.1) is 34.2 Å². The Morgan fingerprint density at radius 1 is 1.21 bits per heavy atom. The number of furan rings is 1. The first-order chi connectivity index (χ1) is 16.9. The second-order valence-electron chi connectivity index (χ2n) is 7.43. The van der Waals surface area contributed by atoms with E-state index in [0.717, 1.165) is 0 Å². The maximum absolute atomic E-state index is 9.07. The lowest BCUT2D eigenvalue weighted by molar-refractivity contribution is -0.667. The van der Waals surface area contributed by atoms with Crippen LogP contribution in [0.15, 0.2) is 34.7 Å². The summed E-state index contributed by atoms with van der Waals surface area (Å²) in [6, 6.07) is 6.58. The molecule has 2 aromatic heterocycles. The third-order valence-electron chi connectivity index (χ3n) is 5.56. The van der Waals surface area contributed by atoms with Gasteiger partial charge in [-0.1, -0.05) is 38.0 Å². The molecule has 0 spiro atoms. The normalized spacial score (nSPS) is 18.5. The molecule has 29 heavy (non-hydrogen) atoms. The maximum Gasteiger partial charge on any atom is 0.229 e. The fraction of sp³-hybridized carbons (Fsp3) is 0.308. The monoisotopic (exact) mass is 391 g/mol. The quantitative estimate of drug-likeness (QED) is 0.267. The molecule has 0 amide bonds. The Morgan fingerprint density at radius 2 is 2.00 bits per heavy atom. The van der Waals surface area contributed by atoms with E-state index in [2.05, 4.69) is 4.85 Å². The Bertz CT molecular complexity index is 1610. The van der Waals surface area contributed by atoms with Crippen LogP contribution in [0.3, 0.4) is 0 Å². The SMILES string of the molecule is [2H]c1c(C)c(C([2H])(C)C([2H])([2H])[2H])c(C)[n+](C)c1-c1c(C)cc(C([2H])([2H])[2H])c2c1oc1c([N+]#[C-])cccc12. The van der Waals surface area contributed by atoms with Gasteiger partial charge in [0, 0.05) is 38.9 Å². The molecule has 1 atom stereocenters. The third kappa shape index (κ3) is 2.75. The maximum atomic E-state index is 9.07. The summed E-state index contributed by atoms with van der Waals surface area (Å²) in [4.78, 5) is 3.53. The fourth-order valence-corrected chi connectivity index (χ4v) is 4.18. The molecule has 0 saturated heterocycles. The number of rotatable bonds is 2. The van der Waals surface area contributed by atoms with Crippen molar-refractivity contribution in [3.8, 4) is 11.3 Å². The molecule has 1 unspecified atom stereocenters. The standard InChI is InChI=1S/C26H27N2O/c1-14(2)22-17(5)13-21(28(8)18(22)6)24-16(4)12-15(3)23-19-10-9-11-20(27-7)25(19)29-26(23)24/h9-14H,1-6,8H3/q+1/i1D3,3D3,13D,14D. The molecule has 0 aliphatic rings. The van der Waals surface area contributed by atoms with E-state index in [1.807, 2.05) is 0 Å². The smallest absolute Gasteiger partial charge is 0.229 e. The van der Waals surface area contributed by atoms with Gasteiger partial charge < -0.3 is 4.42 Å². The van der Waals surface area contributed by atoms with Crippen molar-refractivity contribution < 1.29 is 20.0 Å². The van der Waals surface area contributed by atoms with E-state index >= 15 is 0 Å². The molecule has 0 N–H and O–H groups in total. The number of nitrogens with zero attached hydrogens (tertiary/aromatic N) is 2. The lowest BCUT2D eigenvalue weighted by Gasteiger charge is -2.15. The Kier molecular flexibility index (Phi) is 2.74. The van der Waals surface area contributed by atoms with E-state index in [-0.39, 0.29) is 34.0 Å². The highest BCUT2D eigenvalue weighted by molar-refractivity contribution is 6.14. The molecule has 4 aromatic rings. The van der Waals surface area contributed by atoms with Crippen molar-refractivity contribution in [2.75, 3.05) is 0 Å². The van der Waals surface area contributed by atoms with Crippen LogP contribution in [0.4, 0.5) is 5.69 Å². The topological polar surface area (TPSA) is 21.4 Å². The predicted molar refractivity (Wildman–Crippen MR) is 120 cm³/mol. The molecular weight excluding hydrogens is 356 g/mol. The number of aryl methyl sites for hydroxylation is 2. The average molecular weight is 392 g/mol. The zero-order valence-electron chi connectivity index (χ0n) is 25.1. The molecule has 4 rings (SSSR count). The van der Waals surface area contributed by atoms with Crippen LogP contribution in [0.5, 0.6) is 0 Å². The summed E-state index contributed by atoms with van der Waals surface area (Å²) in [5.41, 5.74) is 3.40. The van der Waals surface area contributed by atoms with Crippen molar-refractivity contribution in [2.24, 2.45) is 7.05 Å². The summed E-state index contributed by atoms with van der Waals surface area (Å²) < 4.78 is 73.9. The van der Waals surface area contributed by atoms with Gasteiger partial charge >= 0.3 is 0 Å². The molecule has 2 heterocycles. The van der Waals surface area contributed by atoms with Gasteiger partial charge in [0.05, 0.1) is 13.5 Å². The minimum absolute atomic E-state index is 0.0164. The van der Waals surface area contributed by atoms with E-state index in [0.29, 0.717) is 38.9 Å². The van der Waals surface area contributed by atoms with Gasteiger partial charge in [-0.05, 0) is 43.3 Å². The molecule has 0 bridgehead atoms. The number of pyridine rings is 1. The van der Waals surface area contributed by atoms with Crippen LogP contribution in [0.25, 0.3) is 38.0 Å². The Morgan fingerprint density at radius 3 is 2.69 bits per heavy atom. The highest BCUT2D eigenvalue weighted by Gasteiger charge is 2.26. The Hall–Kier alpha value is -3.12. The minimum Gasteiger partial charge on any atom is -0.466 e. The molecule has 0 aliphatic heterocycles. The van der Waals surface area contributed by atoms with Gasteiger partial charge in [0.1, 0.15) is 18.2 Å². The van der Waals surface area contributed by atoms with Gasteiger partial charge in [0.25, 0.3) is 0 Å². The van der Waals surface area contributed by atoms with E-state index in [9.17, 15) is 0 Å². The third-order valence-corrected chi connectivity index (χ3v) is 5.56. The molecule has 146 valence electrons. The lowest BCUT2D eigenvalue weighted by Crippen LogP contribution is -2.37. The van der Waals surface area contributed by atoms with Gasteiger partial charge in [-0.3, -0.25) is 0 Å². The van der Waals surface area contributed by atoms with E-state index < -0.39 is 19.6 Å². The second-order valence-corrected chi connectivity index (χ2v) is 7.43. The highest BCUT2D eigenvalue weighted by Crippen LogP contribution is 2.42. The summed E-state index contributed by atoms with van der Waals surface area (Å²) in [6.45, 7) is 8.88. The van der Waals surface area contributed by atoms with Gasteiger partial charge in [-0.2, -0.15) is 4.57 Å². The number of hydrogen-bond acceptors (Lipinski definition) is 1. The Labute approximate surface area is 183 Å². The molecule has 0 radical (unpaired) electrons. The van der Waals surface area contributed by atoms with Gasteiger partial charge in [0.15, 0.2) is 5.69 Å². The summed E-state index contributed by atoms with van der Waals surface area (Å²) in [6.07, 6.45) is 0. The largest absolute Gasteiger partial charge is 0.466 e. The average Bonchev–Trinajstić information content (AvgIpc) is 3.16. The van der Waals surface area contributed by atoms with Gasteiger partial charge in [0.2, 0.25) is 11.4 Å². The van der Waals surface area contributed by atoms with Crippen molar-refractivity contribution in [3.63, 3.8) is 0 Å². The van der Waals surface area contributed by atoms with Crippen LogP contribution in [0.1, 0.15) is 58.6 Å². The van der Waals surface area contributed by atoms with Crippen LogP contribution in [-0.2, 0) is 7.05 Å². The van der Waals surface area contributed by atoms with Crippen LogP contribution < -0.4 is 4.57 Å². The molecule has 0 fully saturated rings. The molecule has 0 aliphatic carbocycles. The predicted octanol–water partition coefficient (Wildman–Crippen LogP) is 6.99. The van der Waals surface area contributed by atoms with E-state index in [4.69, 9.17) is 22.0 Å². The zero-order valence-corrected chi connectivity index (χ0v) is 17.1. The van der Waals surface area contributed by atoms with Crippen LogP contribution in [-0.4, -0.2) is 0 Å². The van der Waals surface area contributed by atoms with E-state index in [1.165, 1.54) is 6.92 Å². The first-order valence-electron chi connectivity index (χ1n) is 13.3. The fourth-order valence-electron chi connectivity index (χ4n) is 4.18. The van der Waals surface area contributed by atoms with Crippen LogP contribution in [0.2, 0.25) is 0 Å². The number of benzene rings is 2. The summed E-state index contributed by atoms with van der Waals surface area (Å²) in [7, 11) is 1.69. The Balaban J connectivity index is 2.23. The van der Waals surface area contributed by atoms with E-state index in [1.54, 1.807) is 56.7 Å². The van der Waals surface area contributed by atoms with Crippen molar-refractivity contribution >= 4 is 27.6 Å². The van der Waals surface area contributed by atoms with Crippen LogP contribution >= 0.6 is 0 Å². The summed E-state index contributed by atoms with van der Waals surface area (Å²) in [5, 5.41) is 0.851. The lowest BCUT2D eigenvalue weighted by atomic mass is 9.92. The molecule has 0 saturated carbocycles. The van der Waals surface area contributed by atoms with Crippen molar-refractivity contribution in [3.05, 3.63) is 69.7 Å². The number of hydrogen-bond donors (Lipinski definition) is 0. The highest BCUT2D eigenvalue weighted by atomic mass is 16.3. The number of aromatic nitrogens is 1.